The van der Waals surface area contributed by atoms with E-state index in [9.17, 15) is 0 Å². The quantitative estimate of drug-likeness (QED) is 0.853. The molecule has 1 fully saturated rings. The Hall–Kier alpha value is -0.780. The normalized spacial score (nSPS) is 27.1. The molecule has 2 atom stereocenters. The summed E-state index contributed by atoms with van der Waals surface area (Å²) in [4.78, 5) is 2.36. The summed E-state index contributed by atoms with van der Waals surface area (Å²) in [5.41, 5.74) is 7.61. The molecule has 2 unspecified atom stereocenters. The topological polar surface area (TPSA) is 47.7 Å². The van der Waals surface area contributed by atoms with Crippen molar-refractivity contribution in [3.8, 4) is 11.5 Å². The van der Waals surface area contributed by atoms with Gasteiger partial charge in [0.25, 0.3) is 0 Å². The van der Waals surface area contributed by atoms with Gasteiger partial charge in [0.1, 0.15) is 13.2 Å². The molecular weight excluding hydrogens is 320 g/mol. The first-order chi connectivity index (χ1) is 9.66. The minimum Gasteiger partial charge on any atom is -0.486 e. The second-order valence-corrected chi connectivity index (χ2v) is 6.47. The predicted molar refractivity (Wildman–Crippen MR) is 82.3 cm³/mol. The molecular formula is C15H21BrN2O2. The zero-order valence-corrected chi connectivity index (χ0v) is 13.4. The average molecular weight is 341 g/mol. The number of hydrogen-bond donors (Lipinski definition) is 1. The van der Waals surface area contributed by atoms with Crippen LogP contribution in [-0.2, 0) is 0 Å². The summed E-state index contributed by atoms with van der Waals surface area (Å²) in [6.45, 7) is 2.30. The molecule has 0 amide bonds. The van der Waals surface area contributed by atoms with Crippen molar-refractivity contribution in [2.24, 2.45) is 5.73 Å². The number of likely N-dealkylation sites (N-methyl/N-ethyl adjacent to an activating group) is 1. The Labute approximate surface area is 128 Å². The summed E-state index contributed by atoms with van der Waals surface area (Å²) >= 11 is 3.59. The van der Waals surface area contributed by atoms with Crippen LogP contribution in [0.25, 0.3) is 0 Å². The number of nitrogens with two attached hydrogens (primary N) is 1. The second kappa shape index (κ2) is 5.92. The van der Waals surface area contributed by atoms with Crippen LogP contribution >= 0.6 is 15.9 Å². The largest absolute Gasteiger partial charge is 0.486 e. The Morgan fingerprint density at radius 2 is 2.05 bits per heavy atom. The van der Waals surface area contributed by atoms with Crippen LogP contribution in [-0.4, -0.2) is 37.7 Å². The van der Waals surface area contributed by atoms with Crippen molar-refractivity contribution in [1.82, 2.24) is 4.90 Å². The predicted octanol–water partition coefficient (Wildman–Crippen LogP) is 2.70. The van der Waals surface area contributed by atoms with Gasteiger partial charge in [0.15, 0.2) is 11.5 Å². The highest BCUT2D eigenvalue weighted by molar-refractivity contribution is 9.10. The summed E-state index contributed by atoms with van der Waals surface area (Å²) in [6.07, 6.45) is 3.49. The lowest BCUT2D eigenvalue weighted by atomic mass is 9.96. The van der Waals surface area contributed by atoms with E-state index in [0.29, 0.717) is 13.2 Å². The third-order valence-electron chi connectivity index (χ3n) is 4.14. The summed E-state index contributed by atoms with van der Waals surface area (Å²) in [7, 11) is 2.15. The van der Waals surface area contributed by atoms with E-state index in [2.05, 4.69) is 40.0 Å². The molecule has 20 heavy (non-hydrogen) atoms. The molecule has 1 aromatic rings. The van der Waals surface area contributed by atoms with Gasteiger partial charge in [-0.15, -0.1) is 0 Å². The fraction of sp³-hybridized carbons (Fsp3) is 0.600. The van der Waals surface area contributed by atoms with E-state index in [1.54, 1.807) is 0 Å². The van der Waals surface area contributed by atoms with Gasteiger partial charge >= 0.3 is 0 Å². The Kier molecular flexibility index (Phi) is 4.19. The molecule has 0 spiro atoms. The maximum absolute atomic E-state index is 6.40. The molecule has 0 aromatic heterocycles. The fourth-order valence-corrected chi connectivity index (χ4v) is 3.74. The molecule has 0 radical (unpaired) electrons. The molecule has 1 saturated heterocycles. The Bertz CT molecular complexity index is 483. The molecule has 2 aliphatic heterocycles. The number of halogens is 1. The van der Waals surface area contributed by atoms with E-state index >= 15 is 0 Å². The number of hydrogen-bond acceptors (Lipinski definition) is 4. The highest BCUT2D eigenvalue weighted by Crippen LogP contribution is 2.41. The maximum Gasteiger partial charge on any atom is 0.175 e. The number of rotatable bonds is 1. The zero-order valence-electron chi connectivity index (χ0n) is 11.8. The molecule has 2 aliphatic rings. The van der Waals surface area contributed by atoms with Crippen molar-refractivity contribution in [3.05, 3.63) is 22.2 Å². The molecule has 1 aromatic carbocycles. The highest BCUT2D eigenvalue weighted by Gasteiger charge is 2.28. The number of nitrogens with zero attached hydrogens (tertiary/aromatic N) is 1. The van der Waals surface area contributed by atoms with Crippen molar-refractivity contribution in [1.29, 1.82) is 0 Å². The second-order valence-electron chi connectivity index (χ2n) is 5.61. The van der Waals surface area contributed by atoms with Crippen LogP contribution in [0.2, 0.25) is 0 Å². The molecule has 3 rings (SSSR count). The lowest BCUT2D eigenvalue weighted by Gasteiger charge is -2.32. The smallest absolute Gasteiger partial charge is 0.175 e. The van der Waals surface area contributed by atoms with Gasteiger partial charge < -0.3 is 15.2 Å². The van der Waals surface area contributed by atoms with Gasteiger partial charge in [-0.05, 0) is 60.1 Å². The van der Waals surface area contributed by atoms with Gasteiger partial charge in [-0.3, -0.25) is 4.90 Å². The van der Waals surface area contributed by atoms with Gasteiger partial charge in [0.2, 0.25) is 0 Å². The minimum absolute atomic E-state index is 0.164. The number of fused-ring (bicyclic) bond motifs is 1. The third kappa shape index (κ3) is 2.67. The lowest BCUT2D eigenvalue weighted by Crippen LogP contribution is -2.37. The Balaban J connectivity index is 1.98. The summed E-state index contributed by atoms with van der Waals surface area (Å²) in [5.74, 6) is 1.63. The van der Waals surface area contributed by atoms with Crippen LogP contribution in [0.4, 0.5) is 0 Å². The van der Waals surface area contributed by atoms with Crippen molar-refractivity contribution in [2.75, 3.05) is 26.8 Å². The molecule has 0 saturated carbocycles. The SMILES string of the molecule is CN1CCCCC(N)C1c1cc(Br)c2c(c1)OCCO2. The minimum atomic E-state index is 0.164. The van der Waals surface area contributed by atoms with Gasteiger partial charge in [0.05, 0.1) is 4.47 Å². The van der Waals surface area contributed by atoms with Crippen molar-refractivity contribution < 1.29 is 9.47 Å². The van der Waals surface area contributed by atoms with Crippen LogP contribution in [0.15, 0.2) is 16.6 Å². The van der Waals surface area contributed by atoms with Gasteiger partial charge in [0, 0.05) is 12.1 Å². The van der Waals surface area contributed by atoms with Gasteiger partial charge in [-0.1, -0.05) is 6.42 Å². The summed E-state index contributed by atoms with van der Waals surface area (Å²) in [5, 5.41) is 0. The van der Waals surface area contributed by atoms with Crippen LogP contribution in [0.1, 0.15) is 30.9 Å². The molecule has 0 bridgehead atoms. The molecule has 5 heteroatoms. The van der Waals surface area contributed by atoms with Crippen molar-refractivity contribution >= 4 is 15.9 Å². The van der Waals surface area contributed by atoms with Crippen molar-refractivity contribution in [3.63, 3.8) is 0 Å². The first kappa shape index (κ1) is 14.2. The highest BCUT2D eigenvalue weighted by atomic mass is 79.9. The average Bonchev–Trinajstić information content (AvgIpc) is 2.60. The van der Waals surface area contributed by atoms with Crippen LogP contribution in [0.3, 0.4) is 0 Å². The zero-order chi connectivity index (χ0) is 14.1. The van der Waals surface area contributed by atoms with E-state index < -0.39 is 0 Å². The Morgan fingerprint density at radius 3 is 2.90 bits per heavy atom. The first-order valence-electron chi connectivity index (χ1n) is 7.21. The van der Waals surface area contributed by atoms with Crippen LogP contribution < -0.4 is 15.2 Å². The molecule has 4 nitrogen and oxygen atoms in total. The first-order valence-corrected chi connectivity index (χ1v) is 8.01. The van der Waals surface area contributed by atoms with Crippen molar-refractivity contribution in [2.45, 2.75) is 31.3 Å². The summed E-state index contributed by atoms with van der Waals surface area (Å²) in [6, 6.07) is 4.62. The lowest BCUT2D eigenvalue weighted by molar-refractivity contribution is 0.169. The fourth-order valence-electron chi connectivity index (χ4n) is 3.17. The van der Waals surface area contributed by atoms with Gasteiger partial charge in [-0.25, -0.2) is 0 Å². The van der Waals surface area contributed by atoms with Gasteiger partial charge in [-0.2, -0.15) is 0 Å². The van der Waals surface area contributed by atoms with E-state index in [-0.39, 0.29) is 12.1 Å². The third-order valence-corrected chi connectivity index (χ3v) is 4.73. The molecule has 2 heterocycles. The molecule has 2 N–H and O–H groups in total. The Morgan fingerprint density at radius 1 is 1.25 bits per heavy atom. The number of benzene rings is 1. The van der Waals surface area contributed by atoms with Crippen LogP contribution in [0.5, 0.6) is 11.5 Å². The van der Waals surface area contributed by atoms with E-state index in [0.717, 1.165) is 28.9 Å². The van der Waals surface area contributed by atoms with E-state index in [4.69, 9.17) is 15.2 Å². The van der Waals surface area contributed by atoms with E-state index in [1.807, 2.05) is 0 Å². The van der Waals surface area contributed by atoms with Crippen LogP contribution in [0, 0.1) is 0 Å². The molecule has 110 valence electrons. The maximum atomic E-state index is 6.40. The standard InChI is InChI=1S/C15H21BrN2O2/c1-18-5-3-2-4-12(17)14(18)10-8-11(16)15-13(9-10)19-6-7-20-15/h8-9,12,14H,2-7,17H2,1H3. The number of likely N-dealkylation sites (tertiary alicyclic amines) is 1. The monoisotopic (exact) mass is 340 g/mol. The molecule has 0 aliphatic carbocycles. The summed E-state index contributed by atoms with van der Waals surface area (Å²) < 4.78 is 12.3. The van der Waals surface area contributed by atoms with E-state index in [1.165, 1.54) is 18.4 Å². The number of ether oxygens (including phenoxy) is 2.